The molecule has 0 aliphatic rings. The maximum Gasteiger partial charge on any atom is 0.408 e. The quantitative estimate of drug-likeness (QED) is 0.816. The molecular weight excluding hydrogens is 303 g/mol. The van der Waals surface area contributed by atoms with E-state index in [4.69, 9.17) is 11.6 Å². The third-order valence-electron chi connectivity index (χ3n) is 2.17. The molecule has 0 amide bonds. The second-order valence-electron chi connectivity index (χ2n) is 3.74. The summed E-state index contributed by atoms with van der Waals surface area (Å²) in [6, 6.07) is 0. The normalized spacial score (nSPS) is 11.8. The van der Waals surface area contributed by atoms with Crippen molar-refractivity contribution in [2.75, 3.05) is 0 Å². The summed E-state index contributed by atoms with van der Waals surface area (Å²) in [5.41, 5.74) is 0.591. The van der Waals surface area contributed by atoms with E-state index in [0.717, 1.165) is 16.0 Å². The predicted octanol–water partition coefficient (Wildman–Crippen LogP) is 3.42. The van der Waals surface area contributed by atoms with Gasteiger partial charge in [-0.1, -0.05) is 22.9 Å². The van der Waals surface area contributed by atoms with E-state index in [2.05, 4.69) is 10.1 Å². The zero-order valence-corrected chi connectivity index (χ0v) is 11.1. The molecule has 0 spiro atoms. The van der Waals surface area contributed by atoms with Crippen LogP contribution in [0.3, 0.4) is 0 Å². The van der Waals surface area contributed by atoms with E-state index in [1.165, 1.54) is 19.3 Å². The Morgan fingerprint density at radius 1 is 1.53 bits per heavy atom. The van der Waals surface area contributed by atoms with Crippen LogP contribution in [0.15, 0.2) is 12.4 Å². The number of carbonyl (C=O) groups is 1. The fourth-order valence-electron chi connectivity index (χ4n) is 1.48. The standard InChI is InChI=1S/C10H7ClF3N3OS/c1-5(18)8-7(16-9(11)19-8)6-2-15-17(3-6)4-10(12,13)14/h2-3H,4H2,1H3. The number of halogens is 4. The third-order valence-corrected chi connectivity index (χ3v) is 3.43. The van der Waals surface area contributed by atoms with Crippen LogP contribution in [0.2, 0.25) is 4.47 Å². The SMILES string of the molecule is CC(=O)c1sc(Cl)nc1-c1cnn(CC(F)(F)F)c1. The van der Waals surface area contributed by atoms with Gasteiger partial charge < -0.3 is 0 Å². The molecule has 0 unspecified atom stereocenters. The van der Waals surface area contributed by atoms with Gasteiger partial charge >= 0.3 is 6.18 Å². The Bertz CT molecular complexity index is 620. The van der Waals surface area contributed by atoms with Gasteiger partial charge in [-0.15, -0.1) is 0 Å². The van der Waals surface area contributed by atoms with Crippen molar-refractivity contribution in [3.05, 3.63) is 21.7 Å². The topological polar surface area (TPSA) is 47.8 Å². The molecule has 0 fully saturated rings. The van der Waals surface area contributed by atoms with Gasteiger partial charge in [0, 0.05) is 18.7 Å². The molecule has 0 aliphatic heterocycles. The van der Waals surface area contributed by atoms with Gasteiger partial charge in [-0.3, -0.25) is 9.48 Å². The third kappa shape index (κ3) is 3.32. The Labute approximate surface area is 114 Å². The molecule has 2 rings (SSSR count). The number of rotatable bonds is 3. The molecule has 0 N–H and O–H groups in total. The zero-order valence-electron chi connectivity index (χ0n) is 9.53. The Morgan fingerprint density at radius 3 is 2.79 bits per heavy atom. The summed E-state index contributed by atoms with van der Waals surface area (Å²) in [5.74, 6) is -0.247. The molecule has 0 aromatic carbocycles. The molecule has 0 atom stereocenters. The van der Waals surface area contributed by atoms with E-state index in [1.807, 2.05) is 0 Å². The number of thiazole rings is 1. The van der Waals surface area contributed by atoms with Crippen LogP contribution in [0, 0.1) is 0 Å². The number of nitrogens with zero attached hydrogens (tertiary/aromatic N) is 3. The van der Waals surface area contributed by atoms with Crippen LogP contribution in [0.4, 0.5) is 13.2 Å². The van der Waals surface area contributed by atoms with Gasteiger partial charge in [-0.05, 0) is 0 Å². The minimum Gasteiger partial charge on any atom is -0.294 e. The fourth-order valence-corrected chi connectivity index (χ4v) is 2.51. The lowest BCUT2D eigenvalue weighted by Gasteiger charge is -2.04. The lowest BCUT2D eigenvalue weighted by Crippen LogP contribution is -2.17. The largest absolute Gasteiger partial charge is 0.408 e. The van der Waals surface area contributed by atoms with Crippen LogP contribution in [0.25, 0.3) is 11.3 Å². The average Bonchev–Trinajstić information content (AvgIpc) is 2.81. The van der Waals surface area contributed by atoms with Crippen LogP contribution in [0.1, 0.15) is 16.6 Å². The number of carbonyl (C=O) groups excluding carboxylic acids is 1. The van der Waals surface area contributed by atoms with Gasteiger partial charge in [0.25, 0.3) is 0 Å². The van der Waals surface area contributed by atoms with E-state index in [-0.39, 0.29) is 15.9 Å². The lowest BCUT2D eigenvalue weighted by atomic mass is 10.2. The van der Waals surface area contributed by atoms with E-state index in [9.17, 15) is 18.0 Å². The number of hydrogen-bond acceptors (Lipinski definition) is 4. The summed E-state index contributed by atoms with van der Waals surface area (Å²) in [6.07, 6.45) is -1.94. The summed E-state index contributed by atoms with van der Waals surface area (Å²) in [7, 11) is 0. The predicted molar refractivity (Wildman–Crippen MR) is 64.4 cm³/mol. The molecule has 9 heteroatoms. The van der Waals surface area contributed by atoms with E-state index in [0.29, 0.717) is 10.4 Å². The van der Waals surface area contributed by atoms with Crippen LogP contribution in [-0.4, -0.2) is 26.7 Å². The molecule has 0 bridgehead atoms. The summed E-state index contributed by atoms with van der Waals surface area (Å²) in [4.78, 5) is 15.6. The number of alkyl halides is 3. The summed E-state index contributed by atoms with van der Waals surface area (Å²) < 4.78 is 37.5. The molecule has 0 radical (unpaired) electrons. The van der Waals surface area contributed by atoms with Gasteiger partial charge in [-0.25, -0.2) is 4.98 Å². The monoisotopic (exact) mass is 309 g/mol. The summed E-state index contributed by atoms with van der Waals surface area (Å²) in [6.45, 7) is 0.147. The maximum absolute atomic E-state index is 12.2. The fraction of sp³-hybridized carbons (Fsp3) is 0.300. The molecule has 4 nitrogen and oxygen atoms in total. The van der Waals surface area contributed by atoms with Gasteiger partial charge in [-0.2, -0.15) is 18.3 Å². The number of ketones is 1. The first-order valence-electron chi connectivity index (χ1n) is 5.03. The first-order valence-corrected chi connectivity index (χ1v) is 6.22. The molecule has 19 heavy (non-hydrogen) atoms. The average molecular weight is 310 g/mol. The highest BCUT2D eigenvalue weighted by molar-refractivity contribution is 7.18. The van der Waals surface area contributed by atoms with Crippen molar-refractivity contribution in [1.82, 2.24) is 14.8 Å². The number of Topliss-reactive ketones (excluding diaryl/α,β-unsaturated/α-hetero) is 1. The lowest BCUT2D eigenvalue weighted by molar-refractivity contribution is -0.142. The minimum atomic E-state index is -4.35. The number of hydrogen-bond donors (Lipinski definition) is 0. The highest BCUT2D eigenvalue weighted by Gasteiger charge is 2.28. The Hall–Kier alpha value is -1.41. The van der Waals surface area contributed by atoms with E-state index >= 15 is 0 Å². The summed E-state index contributed by atoms with van der Waals surface area (Å²) in [5, 5.41) is 3.59. The molecular formula is C10H7ClF3N3OS. The Morgan fingerprint density at radius 2 is 2.21 bits per heavy atom. The van der Waals surface area contributed by atoms with Crippen molar-refractivity contribution in [2.45, 2.75) is 19.6 Å². The molecule has 2 aromatic rings. The van der Waals surface area contributed by atoms with Crippen LogP contribution < -0.4 is 0 Å². The molecule has 102 valence electrons. The molecule has 0 saturated heterocycles. The second-order valence-corrected chi connectivity index (χ2v) is 5.32. The molecule has 0 saturated carbocycles. The van der Waals surface area contributed by atoms with Gasteiger partial charge in [0.05, 0.1) is 16.8 Å². The van der Waals surface area contributed by atoms with E-state index in [1.54, 1.807) is 0 Å². The van der Waals surface area contributed by atoms with Crippen LogP contribution >= 0.6 is 22.9 Å². The second kappa shape index (κ2) is 4.93. The van der Waals surface area contributed by atoms with E-state index < -0.39 is 12.7 Å². The van der Waals surface area contributed by atoms with Crippen LogP contribution in [0.5, 0.6) is 0 Å². The first-order chi connectivity index (χ1) is 8.76. The Kier molecular flexibility index (Phi) is 3.64. The smallest absolute Gasteiger partial charge is 0.294 e. The maximum atomic E-state index is 12.2. The van der Waals surface area contributed by atoms with Gasteiger partial charge in [0.15, 0.2) is 10.3 Å². The zero-order chi connectivity index (χ0) is 14.2. The summed E-state index contributed by atoms with van der Waals surface area (Å²) >= 11 is 6.71. The minimum absolute atomic E-state index is 0.156. The van der Waals surface area contributed by atoms with Crippen molar-refractivity contribution < 1.29 is 18.0 Å². The number of aromatic nitrogens is 3. The first kappa shape index (κ1) is 14.0. The molecule has 2 heterocycles. The van der Waals surface area contributed by atoms with Gasteiger partial charge in [0.1, 0.15) is 6.54 Å². The van der Waals surface area contributed by atoms with Crippen molar-refractivity contribution in [1.29, 1.82) is 0 Å². The molecule has 0 aliphatic carbocycles. The van der Waals surface area contributed by atoms with Crippen molar-refractivity contribution >= 4 is 28.7 Å². The van der Waals surface area contributed by atoms with Crippen molar-refractivity contribution in [3.63, 3.8) is 0 Å². The van der Waals surface area contributed by atoms with Gasteiger partial charge in [0.2, 0.25) is 0 Å². The highest BCUT2D eigenvalue weighted by Crippen LogP contribution is 2.31. The van der Waals surface area contributed by atoms with Crippen LogP contribution in [-0.2, 0) is 6.54 Å². The Balaban J connectivity index is 2.35. The van der Waals surface area contributed by atoms with Crippen molar-refractivity contribution in [2.24, 2.45) is 0 Å². The molecule has 2 aromatic heterocycles. The highest BCUT2D eigenvalue weighted by atomic mass is 35.5. The van der Waals surface area contributed by atoms with Crippen molar-refractivity contribution in [3.8, 4) is 11.3 Å².